The SMILES string of the molecule is CCCCC/C=C\CCCCCCCC(=O)OCCCCCCCCCCCCCC/C=C\CCCCCCCCCCC(=O)NC(CO)C(O)CCCCCCCCCCCCCCCCCCCCCC. The molecule has 1 amide bonds. The number of esters is 1. The zero-order chi connectivity index (χ0) is 52.9. The normalized spacial score (nSPS) is 12.7. The van der Waals surface area contributed by atoms with Crippen LogP contribution in [0.2, 0.25) is 0 Å². The van der Waals surface area contributed by atoms with E-state index < -0.39 is 12.1 Å². The van der Waals surface area contributed by atoms with Crippen molar-refractivity contribution in [3.05, 3.63) is 24.3 Å². The molecule has 0 aliphatic carbocycles. The molecule has 0 saturated heterocycles. The highest BCUT2D eigenvalue weighted by Gasteiger charge is 2.20. The lowest BCUT2D eigenvalue weighted by Crippen LogP contribution is -2.45. The molecule has 6 heteroatoms. The Hall–Kier alpha value is -1.66. The summed E-state index contributed by atoms with van der Waals surface area (Å²) in [6, 6.07) is -0.545. The standard InChI is InChI=1S/C67H129NO5/c1-3-5-7-9-11-13-15-17-18-19-20-27-30-33-36-39-43-47-51-55-59-65(70)64(63-69)68-66(71)60-56-52-48-44-40-37-34-31-28-25-23-21-22-24-26-29-32-35-38-42-46-50-54-58-62-73-67(72)61-57-53-49-45-41-16-14-12-10-8-6-4-2/h12,14,23,25,64-65,69-70H,3-11,13,15-22,24,26-63H2,1-2H3,(H,68,71)/b14-12-,25-23-. The number of carbonyl (C=O) groups is 2. The first-order chi connectivity index (χ1) is 36.0. The van der Waals surface area contributed by atoms with Gasteiger partial charge in [-0.1, -0.05) is 301 Å². The van der Waals surface area contributed by atoms with E-state index in [-0.39, 0.29) is 18.5 Å². The van der Waals surface area contributed by atoms with E-state index in [0.717, 1.165) is 44.9 Å². The van der Waals surface area contributed by atoms with Gasteiger partial charge in [-0.25, -0.2) is 0 Å². The van der Waals surface area contributed by atoms with Crippen LogP contribution in [0.25, 0.3) is 0 Å². The highest BCUT2D eigenvalue weighted by Crippen LogP contribution is 2.18. The fourth-order valence-electron chi connectivity index (χ4n) is 10.4. The molecule has 0 bridgehead atoms. The van der Waals surface area contributed by atoms with Crippen LogP contribution in [0.3, 0.4) is 0 Å². The van der Waals surface area contributed by atoms with E-state index in [1.54, 1.807) is 0 Å². The monoisotopic (exact) mass is 1030 g/mol. The molecule has 6 nitrogen and oxygen atoms in total. The van der Waals surface area contributed by atoms with Gasteiger partial charge in [0, 0.05) is 12.8 Å². The number of carbonyl (C=O) groups excluding carboxylic acids is 2. The number of allylic oxidation sites excluding steroid dienone is 4. The summed E-state index contributed by atoms with van der Waals surface area (Å²) in [6.07, 6.45) is 77.7. The maximum absolute atomic E-state index is 12.5. The predicted octanol–water partition coefficient (Wildman–Crippen LogP) is 21.0. The van der Waals surface area contributed by atoms with E-state index in [1.807, 2.05) is 0 Å². The van der Waals surface area contributed by atoms with E-state index in [2.05, 4.69) is 43.5 Å². The minimum Gasteiger partial charge on any atom is -0.466 e. The molecule has 2 atom stereocenters. The molecular formula is C67H129NO5. The lowest BCUT2D eigenvalue weighted by molar-refractivity contribution is -0.143. The largest absolute Gasteiger partial charge is 0.466 e. The van der Waals surface area contributed by atoms with Crippen molar-refractivity contribution < 1.29 is 24.5 Å². The summed E-state index contributed by atoms with van der Waals surface area (Å²) in [4.78, 5) is 24.5. The average Bonchev–Trinajstić information content (AvgIpc) is 3.39. The molecule has 0 saturated carbocycles. The number of ether oxygens (including phenoxy) is 1. The van der Waals surface area contributed by atoms with Crippen LogP contribution in [0.4, 0.5) is 0 Å². The van der Waals surface area contributed by atoms with Gasteiger partial charge >= 0.3 is 5.97 Å². The van der Waals surface area contributed by atoms with Crippen LogP contribution < -0.4 is 5.32 Å². The molecule has 0 aromatic rings. The Morgan fingerprint density at radius 3 is 1.00 bits per heavy atom. The van der Waals surface area contributed by atoms with Gasteiger partial charge < -0.3 is 20.3 Å². The number of unbranched alkanes of at least 4 members (excludes halogenated alkanes) is 47. The minimum atomic E-state index is -0.668. The van der Waals surface area contributed by atoms with Crippen molar-refractivity contribution in [2.75, 3.05) is 13.2 Å². The average molecular weight is 1030 g/mol. The van der Waals surface area contributed by atoms with Gasteiger partial charge in [0.1, 0.15) is 0 Å². The number of hydrogen-bond acceptors (Lipinski definition) is 5. The summed E-state index contributed by atoms with van der Waals surface area (Å²) in [7, 11) is 0. The molecule has 2 unspecified atom stereocenters. The van der Waals surface area contributed by atoms with Crippen molar-refractivity contribution in [2.45, 2.75) is 379 Å². The number of amides is 1. The second kappa shape index (κ2) is 62.9. The van der Waals surface area contributed by atoms with Gasteiger partial charge in [-0.3, -0.25) is 9.59 Å². The number of nitrogens with one attached hydrogen (secondary N) is 1. The van der Waals surface area contributed by atoms with E-state index in [1.165, 1.54) is 289 Å². The van der Waals surface area contributed by atoms with Gasteiger partial charge in [-0.15, -0.1) is 0 Å². The lowest BCUT2D eigenvalue weighted by atomic mass is 10.0. The van der Waals surface area contributed by atoms with Crippen LogP contribution in [0.5, 0.6) is 0 Å². The van der Waals surface area contributed by atoms with E-state index in [0.29, 0.717) is 25.9 Å². The van der Waals surface area contributed by atoms with E-state index in [4.69, 9.17) is 4.74 Å². The van der Waals surface area contributed by atoms with Gasteiger partial charge in [0.25, 0.3) is 0 Å². The van der Waals surface area contributed by atoms with Crippen molar-refractivity contribution in [2.24, 2.45) is 0 Å². The van der Waals surface area contributed by atoms with Gasteiger partial charge in [0.15, 0.2) is 0 Å². The Kier molecular flexibility index (Phi) is 61.4. The van der Waals surface area contributed by atoms with Crippen LogP contribution in [0.15, 0.2) is 24.3 Å². The summed E-state index contributed by atoms with van der Waals surface area (Å²) in [5.74, 6) is -0.0330. The third kappa shape index (κ3) is 59.4. The zero-order valence-corrected chi connectivity index (χ0v) is 49.4. The molecule has 73 heavy (non-hydrogen) atoms. The third-order valence-corrected chi connectivity index (χ3v) is 15.5. The Morgan fingerprint density at radius 2 is 0.644 bits per heavy atom. The molecule has 0 spiro atoms. The first-order valence-electron chi connectivity index (χ1n) is 33.1. The van der Waals surface area contributed by atoms with Crippen LogP contribution in [-0.4, -0.2) is 47.4 Å². The first kappa shape index (κ1) is 71.3. The maximum Gasteiger partial charge on any atom is 0.305 e. The van der Waals surface area contributed by atoms with Crippen LogP contribution in [0, 0.1) is 0 Å². The van der Waals surface area contributed by atoms with E-state index in [9.17, 15) is 19.8 Å². The molecule has 0 fully saturated rings. The topological polar surface area (TPSA) is 95.9 Å². The lowest BCUT2D eigenvalue weighted by Gasteiger charge is -2.22. The summed E-state index contributed by atoms with van der Waals surface area (Å²) < 4.78 is 5.47. The van der Waals surface area contributed by atoms with Crippen LogP contribution in [0.1, 0.15) is 367 Å². The Labute approximate surface area is 456 Å². The fourth-order valence-corrected chi connectivity index (χ4v) is 10.4. The molecule has 0 heterocycles. The Morgan fingerprint density at radius 1 is 0.370 bits per heavy atom. The first-order valence-corrected chi connectivity index (χ1v) is 33.1. The molecule has 0 aliphatic heterocycles. The minimum absolute atomic E-state index is 0.00297. The summed E-state index contributed by atoms with van der Waals surface area (Å²) in [6.45, 7) is 4.95. The second-order valence-corrected chi connectivity index (χ2v) is 22.8. The molecule has 3 N–H and O–H groups in total. The third-order valence-electron chi connectivity index (χ3n) is 15.5. The summed E-state index contributed by atoms with van der Waals surface area (Å²) in [5, 5.41) is 23.4. The van der Waals surface area contributed by atoms with Gasteiger partial charge in [-0.05, 0) is 77.0 Å². The highest BCUT2D eigenvalue weighted by atomic mass is 16.5. The van der Waals surface area contributed by atoms with Gasteiger partial charge in [0.2, 0.25) is 5.91 Å². The molecule has 0 aromatic heterocycles. The van der Waals surface area contributed by atoms with Crippen molar-refractivity contribution in [3.63, 3.8) is 0 Å². The molecule has 0 aromatic carbocycles. The van der Waals surface area contributed by atoms with Gasteiger partial charge in [-0.2, -0.15) is 0 Å². The Bertz CT molecular complexity index is 1140. The number of rotatable bonds is 62. The molecule has 0 aliphatic rings. The number of aliphatic hydroxyl groups excluding tert-OH is 2. The van der Waals surface area contributed by atoms with E-state index >= 15 is 0 Å². The van der Waals surface area contributed by atoms with Gasteiger partial charge in [0.05, 0.1) is 25.4 Å². The number of aliphatic hydroxyl groups is 2. The molecule has 0 radical (unpaired) electrons. The fraction of sp³-hybridized carbons (Fsp3) is 0.910. The maximum atomic E-state index is 12.5. The summed E-state index contributed by atoms with van der Waals surface area (Å²) in [5.41, 5.74) is 0. The van der Waals surface area contributed by atoms with Crippen LogP contribution >= 0.6 is 0 Å². The molecular weight excluding hydrogens is 899 g/mol. The highest BCUT2D eigenvalue weighted by molar-refractivity contribution is 5.76. The van der Waals surface area contributed by atoms with Crippen molar-refractivity contribution >= 4 is 11.9 Å². The predicted molar refractivity (Wildman–Crippen MR) is 320 cm³/mol. The smallest absolute Gasteiger partial charge is 0.305 e. The van der Waals surface area contributed by atoms with Crippen molar-refractivity contribution in [1.82, 2.24) is 5.32 Å². The van der Waals surface area contributed by atoms with Crippen molar-refractivity contribution in [3.8, 4) is 0 Å². The molecule has 432 valence electrons. The number of hydrogen-bond donors (Lipinski definition) is 3. The Balaban J connectivity index is 3.41. The zero-order valence-electron chi connectivity index (χ0n) is 49.4. The second-order valence-electron chi connectivity index (χ2n) is 22.8. The quantitative estimate of drug-likeness (QED) is 0.0320. The summed E-state index contributed by atoms with van der Waals surface area (Å²) >= 11 is 0. The van der Waals surface area contributed by atoms with Crippen LogP contribution in [-0.2, 0) is 14.3 Å². The molecule has 0 rings (SSSR count). The van der Waals surface area contributed by atoms with Crippen molar-refractivity contribution in [1.29, 1.82) is 0 Å².